The molecule has 4 atom stereocenters. The zero-order valence-electron chi connectivity index (χ0n) is 15.5. The standard InChI is InChI=1S/C15H17N9O5S/c1-2-16-12(27)9-7(25)8(26)13(29-9)24-4-19-6-10(17-3-18-11(6)24)21-14(28)22-15-23-20-5-30-15/h3-5,7-9,13,25-26H,2H2,1H3,(H,16,27)(H2,17,18,21,22,23,28)/t7-,8+,9+,13-/m1/s1. The molecule has 0 radical (unpaired) electrons. The SMILES string of the molecule is CCNC(=O)[C@H]1O[C@@H](n2cnc3c(NC(=O)Nc4nncs4)ncnc32)[C@@H](O)[C@H]1O. The second-order valence-corrected chi connectivity index (χ2v) is 7.03. The molecule has 4 rings (SSSR count). The Morgan fingerprint density at radius 1 is 1.23 bits per heavy atom. The predicted octanol–water partition coefficient (Wildman–Crippen LogP) is -0.923. The van der Waals surface area contributed by atoms with E-state index in [0.717, 1.165) is 11.3 Å². The number of hydrogen-bond donors (Lipinski definition) is 5. The molecule has 0 unspecified atom stereocenters. The van der Waals surface area contributed by atoms with Gasteiger partial charge >= 0.3 is 6.03 Å². The maximum atomic E-state index is 12.1. The van der Waals surface area contributed by atoms with Gasteiger partial charge in [0.1, 0.15) is 24.0 Å². The van der Waals surface area contributed by atoms with E-state index in [-0.39, 0.29) is 17.0 Å². The number of ether oxygens (including phenoxy) is 1. The molecule has 0 aliphatic carbocycles. The van der Waals surface area contributed by atoms with Gasteiger partial charge in [0, 0.05) is 6.54 Å². The summed E-state index contributed by atoms with van der Waals surface area (Å²) in [6, 6.07) is -0.606. The van der Waals surface area contributed by atoms with Crippen LogP contribution in [-0.4, -0.2) is 76.7 Å². The molecule has 158 valence electrons. The van der Waals surface area contributed by atoms with Crippen molar-refractivity contribution in [2.24, 2.45) is 0 Å². The topological polar surface area (TPSA) is 189 Å². The van der Waals surface area contributed by atoms with Crippen LogP contribution in [0, 0.1) is 0 Å². The van der Waals surface area contributed by atoms with Gasteiger partial charge in [0.15, 0.2) is 29.3 Å². The van der Waals surface area contributed by atoms with Gasteiger partial charge in [-0.2, -0.15) is 0 Å². The van der Waals surface area contributed by atoms with Gasteiger partial charge in [0.25, 0.3) is 5.91 Å². The summed E-state index contributed by atoms with van der Waals surface area (Å²) in [5.74, 6) is -0.435. The second kappa shape index (κ2) is 8.23. The molecule has 30 heavy (non-hydrogen) atoms. The number of aliphatic hydroxyl groups is 2. The van der Waals surface area contributed by atoms with E-state index in [9.17, 15) is 19.8 Å². The molecule has 1 aliphatic heterocycles. The van der Waals surface area contributed by atoms with Crippen LogP contribution in [0.1, 0.15) is 13.2 Å². The van der Waals surface area contributed by atoms with Crippen LogP contribution in [0.15, 0.2) is 18.2 Å². The molecule has 3 aromatic heterocycles. The molecular weight excluding hydrogens is 418 g/mol. The number of imidazole rings is 1. The molecule has 3 aromatic rings. The Bertz CT molecular complexity index is 1060. The lowest BCUT2D eigenvalue weighted by atomic mass is 10.1. The molecular formula is C15H17N9O5S. The summed E-state index contributed by atoms with van der Waals surface area (Å²) in [7, 11) is 0. The van der Waals surface area contributed by atoms with Crippen LogP contribution >= 0.6 is 11.3 Å². The summed E-state index contributed by atoms with van der Waals surface area (Å²) in [4.78, 5) is 36.5. The number of carbonyl (C=O) groups excluding carboxylic acids is 2. The second-order valence-electron chi connectivity index (χ2n) is 6.19. The van der Waals surface area contributed by atoms with Gasteiger partial charge in [-0.05, 0) is 6.92 Å². The number of aliphatic hydroxyl groups excluding tert-OH is 2. The number of amides is 3. The Balaban J connectivity index is 1.57. The van der Waals surface area contributed by atoms with Crippen LogP contribution in [0.25, 0.3) is 11.2 Å². The summed E-state index contributed by atoms with van der Waals surface area (Å²) in [5.41, 5.74) is 1.91. The van der Waals surface area contributed by atoms with E-state index in [1.165, 1.54) is 22.7 Å². The fraction of sp³-hybridized carbons (Fsp3) is 0.400. The third kappa shape index (κ3) is 3.65. The van der Waals surface area contributed by atoms with E-state index < -0.39 is 36.5 Å². The van der Waals surface area contributed by atoms with Crippen molar-refractivity contribution in [1.29, 1.82) is 0 Å². The van der Waals surface area contributed by atoms with Crippen LogP contribution in [0.3, 0.4) is 0 Å². The highest BCUT2D eigenvalue weighted by atomic mass is 32.1. The molecule has 1 aliphatic rings. The van der Waals surface area contributed by atoms with Crippen LogP contribution in [0.4, 0.5) is 15.7 Å². The van der Waals surface area contributed by atoms with Crippen molar-refractivity contribution >= 4 is 45.4 Å². The van der Waals surface area contributed by atoms with Crippen molar-refractivity contribution in [3.63, 3.8) is 0 Å². The smallest absolute Gasteiger partial charge is 0.326 e. The van der Waals surface area contributed by atoms with Gasteiger partial charge in [0.2, 0.25) is 5.13 Å². The molecule has 4 heterocycles. The predicted molar refractivity (Wildman–Crippen MR) is 102 cm³/mol. The number of fused-ring (bicyclic) bond motifs is 1. The minimum atomic E-state index is -1.43. The summed E-state index contributed by atoms with van der Waals surface area (Å²) in [6.07, 6.45) is -2.69. The Labute approximate surface area is 172 Å². The Kier molecular flexibility index (Phi) is 5.49. The first-order chi connectivity index (χ1) is 14.5. The molecule has 14 nitrogen and oxygen atoms in total. The Morgan fingerprint density at radius 3 is 2.80 bits per heavy atom. The highest BCUT2D eigenvalue weighted by Gasteiger charge is 2.47. The fourth-order valence-corrected chi connectivity index (χ4v) is 3.41. The first-order valence-corrected chi connectivity index (χ1v) is 9.68. The van der Waals surface area contributed by atoms with E-state index in [4.69, 9.17) is 4.74 Å². The Morgan fingerprint density at radius 2 is 2.07 bits per heavy atom. The number of nitrogens with one attached hydrogen (secondary N) is 3. The lowest BCUT2D eigenvalue weighted by Gasteiger charge is -2.16. The van der Waals surface area contributed by atoms with E-state index in [1.54, 1.807) is 6.92 Å². The molecule has 0 spiro atoms. The molecule has 1 fully saturated rings. The van der Waals surface area contributed by atoms with Crippen LogP contribution in [0.5, 0.6) is 0 Å². The number of carbonyl (C=O) groups is 2. The number of aromatic nitrogens is 6. The van der Waals surface area contributed by atoms with Crippen molar-refractivity contribution in [3.8, 4) is 0 Å². The van der Waals surface area contributed by atoms with Crippen molar-refractivity contribution in [2.75, 3.05) is 17.2 Å². The number of likely N-dealkylation sites (N-methyl/N-ethyl adjacent to an activating group) is 1. The summed E-state index contributed by atoms with van der Waals surface area (Å²) < 4.78 is 6.94. The number of anilines is 2. The van der Waals surface area contributed by atoms with Gasteiger partial charge in [-0.15, -0.1) is 10.2 Å². The molecule has 15 heteroatoms. The molecule has 3 amide bonds. The van der Waals surface area contributed by atoms with Crippen molar-refractivity contribution in [3.05, 3.63) is 18.2 Å². The first kappa shape index (κ1) is 20.0. The number of urea groups is 1. The Hall–Kier alpha value is -3.27. The maximum absolute atomic E-state index is 12.1. The summed E-state index contributed by atoms with van der Waals surface area (Å²) >= 11 is 1.15. The average molecular weight is 435 g/mol. The molecule has 0 bridgehead atoms. The third-order valence-electron chi connectivity index (χ3n) is 4.29. The van der Waals surface area contributed by atoms with E-state index in [0.29, 0.717) is 11.7 Å². The van der Waals surface area contributed by atoms with Gasteiger partial charge in [-0.25, -0.2) is 19.7 Å². The van der Waals surface area contributed by atoms with Gasteiger partial charge in [0.05, 0.1) is 6.33 Å². The maximum Gasteiger partial charge on any atom is 0.326 e. The third-order valence-corrected chi connectivity index (χ3v) is 4.90. The van der Waals surface area contributed by atoms with Crippen molar-refractivity contribution < 1.29 is 24.5 Å². The first-order valence-electron chi connectivity index (χ1n) is 8.80. The van der Waals surface area contributed by atoms with Gasteiger partial charge in [-0.3, -0.25) is 20.0 Å². The molecule has 5 N–H and O–H groups in total. The summed E-state index contributed by atoms with van der Waals surface area (Å²) in [6.45, 7) is 2.07. The highest BCUT2D eigenvalue weighted by molar-refractivity contribution is 7.13. The van der Waals surface area contributed by atoms with Crippen LogP contribution in [0.2, 0.25) is 0 Å². The van der Waals surface area contributed by atoms with Crippen molar-refractivity contribution in [1.82, 2.24) is 35.0 Å². The molecule has 1 saturated heterocycles. The van der Waals surface area contributed by atoms with E-state index in [2.05, 4.69) is 41.1 Å². The van der Waals surface area contributed by atoms with Gasteiger partial charge in [-0.1, -0.05) is 11.3 Å². The van der Waals surface area contributed by atoms with Crippen molar-refractivity contribution in [2.45, 2.75) is 31.5 Å². The number of hydrogen-bond acceptors (Lipinski definition) is 11. The minimum absolute atomic E-state index is 0.106. The summed E-state index contributed by atoms with van der Waals surface area (Å²) in [5, 5.41) is 35.8. The monoisotopic (exact) mass is 435 g/mol. The molecule has 0 saturated carbocycles. The van der Waals surface area contributed by atoms with E-state index in [1.807, 2.05) is 0 Å². The van der Waals surface area contributed by atoms with E-state index >= 15 is 0 Å². The average Bonchev–Trinajstić information content (AvgIpc) is 3.44. The lowest BCUT2D eigenvalue weighted by Crippen LogP contribution is -2.42. The lowest BCUT2D eigenvalue weighted by molar-refractivity contribution is -0.137. The largest absolute Gasteiger partial charge is 0.387 e. The van der Waals surface area contributed by atoms with Crippen LogP contribution in [-0.2, 0) is 9.53 Å². The fourth-order valence-electron chi connectivity index (χ4n) is 2.97. The van der Waals surface area contributed by atoms with Crippen LogP contribution < -0.4 is 16.0 Å². The highest BCUT2D eigenvalue weighted by Crippen LogP contribution is 2.32. The quantitative estimate of drug-likeness (QED) is 0.335. The van der Waals surface area contributed by atoms with Gasteiger partial charge < -0.3 is 20.3 Å². The number of nitrogens with zero attached hydrogens (tertiary/aromatic N) is 6. The minimum Gasteiger partial charge on any atom is -0.387 e. The molecule has 0 aromatic carbocycles. The number of rotatable bonds is 5. The zero-order valence-corrected chi connectivity index (χ0v) is 16.3. The normalized spacial score (nSPS) is 23.4. The zero-order chi connectivity index (χ0) is 21.3.